The molecule has 22 heavy (non-hydrogen) atoms. The van der Waals surface area contributed by atoms with Crippen LogP contribution in [0.1, 0.15) is 129 Å². The molecular weight excluding hydrogens is 264 g/mol. The number of rotatable bonds is 18. The largest absolute Gasteiger partial charge is 0.0654 e. The van der Waals surface area contributed by atoms with Gasteiger partial charge in [-0.25, -0.2) is 0 Å². The summed E-state index contributed by atoms with van der Waals surface area (Å²) in [6.07, 6.45) is 25.7. The molecule has 0 nitrogen and oxygen atoms in total. The minimum atomic E-state index is 1.04. The molecule has 0 spiro atoms. The summed E-state index contributed by atoms with van der Waals surface area (Å²) in [6, 6.07) is 0. The Balaban J connectivity index is 3.48. The van der Waals surface area contributed by atoms with E-state index in [0.717, 1.165) is 12.3 Å². The lowest BCUT2D eigenvalue weighted by molar-refractivity contribution is 0.371. The maximum absolute atomic E-state index is 3.91. The van der Waals surface area contributed by atoms with Gasteiger partial charge < -0.3 is 0 Å². The van der Waals surface area contributed by atoms with Crippen LogP contribution >= 0.6 is 0 Å². The zero-order chi connectivity index (χ0) is 16.3. The standard InChI is InChI=1S/C22H45/c1-4-7-10-12-13-14-15-16-18-21-22(19-9-6-3)20-17-11-8-5-2/h22H,1,4-21H2,2-3H3. The van der Waals surface area contributed by atoms with Crippen LogP contribution in [0.4, 0.5) is 0 Å². The molecule has 0 heterocycles. The lowest BCUT2D eigenvalue weighted by atomic mass is 9.90. The van der Waals surface area contributed by atoms with Gasteiger partial charge in [0.05, 0.1) is 0 Å². The van der Waals surface area contributed by atoms with E-state index in [0.29, 0.717) is 0 Å². The SMILES string of the molecule is [CH2]CCCCCCCCCCC(CCCC)CCCCCC. The Morgan fingerprint density at radius 3 is 1.41 bits per heavy atom. The minimum absolute atomic E-state index is 1.04. The van der Waals surface area contributed by atoms with Gasteiger partial charge in [-0.15, -0.1) is 0 Å². The summed E-state index contributed by atoms with van der Waals surface area (Å²) in [5.41, 5.74) is 0. The fourth-order valence-electron chi connectivity index (χ4n) is 3.46. The van der Waals surface area contributed by atoms with E-state index in [1.165, 1.54) is 109 Å². The second-order valence-corrected chi connectivity index (χ2v) is 7.33. The van der Waals surface area contributed by atoms with E-state index in [9.17, 15) is 0 Å². The highest BCUT2D eigenvalue weighted by Gasteiger charge is 2.07. The average molecular weight is 310 g/mol. The van der Waals surface area contributed by atoms with Crippen molar-refractivity contribution in [1.29, 1.82) is 0 Å². The molecule has 0 aromatic carbocycles. The van der Waals surface area contributed by atoms with Gasteiger partial charge in [-0.2, -0.15) is 0 Å². The van der Waals surface area contributed by atoms with Gasteiger partial charge >= 0.3 is 0 Å². The van der Waals surface area contributed by atoms with E-state index < -0.39 is 0 Å². The van der Waals surface area contributed by atoms with E-state index in [-0.39, 0.29) is 0 Å². The van der Waals surface area contributed by atoms with Crippen molar-refractivity contribution in [3.05, 3.63) is 6.92 Å². The third-order valence-electron chi connectivity index (χ3n) is 5.04. The third-order valence-corrected chi connectivity index (χ3v) is 5.04. The summed E-state index contributed by atoms with van der Waals surface area (Å²) in [5, 5.41) is 0. The fraction of sp³-hybridized carbons (Fsp3) is 0.955. The second-order valence-electron chi connectivity index (χ2n) is 7.33. The molecule has 133 valence electrons. The van der Waals surface area contributed by atoms with Crippen molar-refractivity contribution < 1.29 is 0 Å². The maximum atomic E-state index is 3.91. The zero-order valence-electron chi connectivity index (χ0n) is 16.0. The van der Waals surface area contributed by atoms with Crippen LogP contribution < -0.4 is 0 Å². The number of unbranched alkanes of at least 4 members (excludes halogenated alkanes) is 12. The maximum Gasteiger partial charge on any atom is -0.0414 e. The van der Waals surface area contributed by atoms with Crippen LogP contribution in [0, 0.1) is 12.8 Å². The Labute approximate surface area is 142 Å². The summed E-state index contributed by atoms with van der Waals surface area (Å²) in [4.78, 5) is 0. The molecule has 0 saturated carbocycles. The van der Waals surface area contributed by atoms with Crippen molar-refractivity contribution >= 4 is 0 Å². The van der Waals surface area contributed by atoms with Crippen molar-refractivity contribution in [3.63, 3.8) is 0 Å². The van der Waals surface area contributed by atoms with Gasteiger partial charge in [-0.05, 0) is 5.92 Å². The quantitative estimate of drug-likeness (QED) is 0.223. The van der Waals surface area contributed by atoms with Gasteiger partial charge in [0.2, 0.25) is 0 Å². The Morgan fingerprint density at radius 1 is 0.500 bits per heavy atom. The highest BCUT2D eigenvalue weighted by Crippen LogP contribution is 2.23. The molecule has 0 bridgehead atoms. The van der Waals surface area contributed by atoms with E-state index >= 15 is 0 Å². The first-order valence-corrected chi connectivity index (χ1v) is 10.6. The summed E-state index contributed by atoms with van der Waals surface area (Å²) < 4.78 is 0. The van der Waals surface area contributed by atoms with Crippen molar-refractivity contribution in [2.45, 2.75) is 129 Å². The molecule has 0 saturated heterocycles. The molecular formula is C22H45. The molecule has 0 amide bonds. The molecule has 0 N–H and O–H groups in total. The average Bonchev–Trinajstić information content (AvgIpc) is 2.54. The molecule has 0 rings (SSSR count). The first kappa shape index (κ1) is 22.0. The van der Waals surface area contributed by atoms with Gasteiger partial charge in [-0.1, -0.05) is 136 Å². The first-order valence-electron chi connectivity index (χ1n) is 10.6. The van der Waals surface area contributed by atoms with Crippen LogP contribution in [0.15, 0.2) is 0 Å². The Bertz CT molecular complexity index is 184. The lowest BCUT2D eigenvalue weighted by Gasteiger charge is -2.16. The molecule has 0 aromatic heterocycles. The van der Waals surface area contributed by atoms with Crippen LogP contribution in [0.2, 0.25) is 0 Å². The monoisotopic (exact) mass is 309 g/mol. The first-order chi connectivity index (χ1) is 10.8. The number of hydrogen-bond acceptors (Lipinski definition) is 0. The van der Waals surface area contributed by atoms with Crippen LogP contribution in [0.25, 0.3) is 0 Å². The van der Waals surface area contributed by atoms with Gasteiger partial charge in [-0.3, -0.25) is 0 Å². The molecule has 1 radical (unpaired) electrons. The summed E-state index contributed by atoms with van der Waals surface area (Å²) in [6.45, 7) is 8.56. The van der Waals surface area contributed by atoms with Gasteiger partial charge in [0.1, 0.15) is 0 Å². The topological polar surface area (TPSA) is 0 Å². The van der Waals surface area contributed by atoms with Crippen molar-refractivity contribution in [2.24, 2.45) is 5.92 Å². The van der Waals surface area contributed by atoms with Crippen LogP contribution in [0.5, 0.6) is 0 Å². The molecule has 1 unspecified atom stereocenters. The van der Waals surface area contributed by atoms with E-state index in [1.54, 1.807) is 0 Å². The Morgan fingerprint density at radius 2 is 0.909 bits per heavy atom. The molecule has 0 aromatic rings. The van der Waals surface area contributed by atoms with Gasteiger partial charge in [0.15, 0.2) is 0 Å². The lowest BCUT2D eigenvalue weighted by Crippen LogP contribution is -2.01. The predicted molar refractivity (Wildman–Crippen MR) is 103 cm³/mol. The Kier molecular flexibility index (Phi) is 19.0. The van der Waals surface area contributed by atoms with Gasteiger partial charge in [0, 0.05) is 0 Å². The second kappa shape index (κ2) is 19.0. The summed E-state index contributed by atoms with van der Waals surface area (Å²) in [7, 11) is 0. The molecule has 0 aliphatic rings. The summed E-state index contributed by atoms with van der Waals surface area (Å²) >= 11 is 0. The molecule has 1 atom stereocenters. The van der Waals surface area contributed by atoms with Crippen molar-refractivity contribution in [2.75, 3.05) is 0 Å². The van der Waals surface area contributed by atoms with Crippen LogP contribution in [0.3, 0.4) is 0 Å². The molecule has 0 heteroatoms. The van der Waals surface area contributed by atoms with E-state index in [1.807, 2.05) is 0 Å². The fourth-order valence-corrected chi connectivity index (χ4v) is 3.46. The normalized spacial score (nSPS) is 12.7. The van der Waals surface area contributed by atoms with E-state index in [4.69, 9.17) is 0 Å². The highest BCUT2D eigenvalue weighted by atomic mass is 14.1. The van der Waals surface area contributed by atoms with E-state index in [2.05, 4.69) is 20.8 Å². The minimum Gasteiger partial charge on any atom is -0.0654 e. The summed E-state index contributed by atoms with van der Waals surface area (Å²) in [5.74, 6) is 1.04. The molecule has 0 fully saturated rings. The number of hydrogen-bond donors (Lipinski definition) is 0. The van der Waals surface area contributed by atoms with Crippen molar-refractivity contribution in [1.82, 2.24) is 0 Å². The van der Waals surface area contributed by atoms with Crippen molar-refractivity contribution in [3.8, 4) is 0 Å². The van der Waals surface area contributed by atoms with Crippen LogP contribution in [-0.2, 0) is 0 Å². The zero-order valence-corrected chi connectivity index (χ0v) is 16.0. The molecule has 0 aliphatic carbocycles. The predicted octanol–water partition coefficient (Wildman–Crippen LogP) is 8.50. The third kappa shape index (κ3) is 16.4. The van der Waals surface area contributed by atoms with Crippen LogP contribution in [-0.4, -0.2) is 0 Å². The Hall–Kier alpha value is 0. The smallest absolute Gasteiger partial charge is 0.0414 e. The van der Waals surface area contributed by atoms with Gasteiger partial charge in [0.25, 0.3) is 0 Å². The molecule has 0 aliphatic heterocycles. The highest BCUT2D eigenvalue weighted by molar-refractivity contribution is 4.61.